The van der Waals surface area contributed by atoms with E-state index in [0.717, 1.165) is 10.9 Å². The van der Waals surface area contributed by atoms with Gasteiger partial charge in [-0.25, -0.2) is 4.79 Å². The topological polar surface area (TPSA) is 82.2 Å². The lowest BCUT2D eigenvalue weighted by atomic mass is 10.2. The van der Waals surface area contributed by atoms with E-state index >= 15 is 0 Å². The fraction of sp³-hybridized carbons (Fsp3) is 0.650. The van der Waals surface area contributed by atoms with Gasteiger partial charge in [0.2, 0.25) is 0 Å². The zero-order chi connectivity index (χ0) is 25.6. The number of ether oxygens (including phenoxy) is 1. The van der Waals surface area contributed by atoms with Crippen LogP contribution in [-0.4, -0.2) is 37.2 Å². The Bertz CT molecular complexity index is 901. The SMILES string of the molecule is CC(C)Cn1cc(CO)c(C(F)(F)F)n1.CCOC(=O)c1cn(CC(C)C)nc1C(F)(F)F. The molecule has 188 valence electrons. The number of aromatic nitrogens is 4. The maximum absolute atomic E-state index is 12.7. The molecule has 0 bridgehead atoms. The Hall–Kier alpha value is -2.57. The molecule has 0 aliphatic rings. The van der Waals surface area contributed by atoms with Crippen molar-refractivity contribution >= 4 is 5.97 Å². The number of hydrogen-bond donors (Lipinski definition) is 1. The summed E-state index contributed by atoms with van der Waals surface area (Å²) in [6.45, 7) is 9.08. The molecule has 0 aromatic carbocycles. The van der Waals surface area contributed by atoms with Crippen molar-refractivity contribution in [2.45, 2.75) is 66.7 Å². The van der Waals surface area contributed by atoms with Crippen LogP contribution in [0, 0.1) is 11.8 Å². The molecule has 0 aliphatic carbocycles. The molecule has 0 radical (unpaired) electrons. The van der Waals surface area contributed by atoms with Gasteiger partial charge in [-0.05, 0) is 18.8 Å². The summed E-state index contributed by atoms with van der Waals surface area (Å²) in [7, 11) is 0. The summed E-state index contributed by atoms with van der Waals surface area (Å²) >= 11 is 0. The molecule has 0 atom stereocenters. The molecule has 0 amide bonds. The van der Waals surface area contributed by atoms with Gasteiger partial charge in [0.05, 0.1) is 13.2 Å². The van der Waals surface area contributed by atoms with E-state index < -0.39 is 41.9 Å². The maximum Gasteiger partial charge on any atom is 0.436 e. The van der Waals surface area contributed by atoms with Gasteiger partial charge in [0.25, 0.3) is 0 Å². The quantitative estimate of drug-likeness (QED) is 0.450. The van der Waals surface area contributed by atoms with E-state index in [1.807, 2.05) is 27.7 Å². The van der Waals surface area contributed by atoms with Crippen LogP contribution in [-0.2, 0) is 36.8 Å². The number of hydrogen-bond acceptors (Lipinski definition) is 5. The van der Waals surface area contributed by atoms with Gasteiger partial charge < -0.3 is 9.84 Å². The van der Waals surface area contributed by atoms with Gasteiger partial charge in [-0.15, -0.1) is 0 Å². The lowest BCUT2D eigenvalue weighted by Gasteiger charge is -2.05. The van der Waals surface area contributed by atoms with Gasteiger partial charge in [-0.2, -0.15) is 36.5 Å². The first-order chi connectivity index (χ1) is 15.1. The number of esters is 1. The molecule has 0 unspecified atom stereocenters. The Labute approximate surface area is 187 Å². The first-order valence-corrected chi connectivity index (χ1v) is 10.2. The fourth-order valence-electron chi connectivity index (χ4n) is 2.74. The fourth-order valence-corrected chi connectivity index (χ4v) is 2.74. The summed E-state index contributed by atoms with van der Waals surface area (Å²) in [4.78, 5) is 11.4. The number of nitrogens with zero attached hydrogens (tertiary/aromatic N) is 4. The second-order valence-corrected chi connectivity index (χ2v) is 8.00. The summed E-state index contributed by atoms with van der Waals surface area (Å²) < 4.78 is 82.3. The molecule has 33 heavy (non-hydrogen) atoms. The van der Waals surface area contributed by atoms with Crippen molar-refractivity contribution in [1.82, 2.24) is 19.6 Å². The summed E-state index contributed by atoms with van der Waals surface area (Å²) in [6.07, 6.45) is -6.84. The first-order valence-electron chi connectivity index (χ1n) is 10.2. The van der Waals surface area contributed by atoms with Crippen LogP contribution < -0.4 is 0 Å². The number of carbonyl (C=O) groups excluding carboxylic acids is 1. The van der Waals surface area contributed by atoms with Crippen molar-refractivity contribution in [1.29, 1.82) is 0 Å². The molecule has 0 aliphatic heterocycles. The van der Waals surface area contributed by atoms with E-state index in [0.29, 0.717) is 13.1 Å². The number of aliphatic hydroxyl groups is 1. The normalized spacial score (nSPS) is 12.2. The van der Waals surface area contributed by atoms with Crippen molar-refractivity contribution in [2.24, 2.45) is 11.8 Å². The minimum Gasteiger partial charge on any atom is -0.462 e. The molecule has 0 saturated heterocycles. The molecule has 2 rings (SSSR count). The lowest BCUT2D eigenvalue weighted by molar-refractivity contribution is -0.143. The Morgan fingerprint density at radius 3 is 1.76 bits per heavy atom. The maximum atomic E-state index is 12.7. The molecule has 2 heterocycles. The highest BCUT2D eigenvalue weighted by Gasteiger charge is 2.40. The Morgan fingerprint density at radius 1 is 0.939 bits per heavy atom. The van der Waals surface area contributed by atoms with Gasteiger partial charge in [0.1, 0.15) is 5.56 Å². The first kappa shape index (κ1) is 28.5. The van der Waals surface area contributed by atoms with Crippen LogP contribution in [0.4, 0.5) is 26.3 Å². The highest BCUT2D eigenvalue weighted by atomic mass is 19.4. The van der Waals surface area contributed by atoms with E-state index in [2.05, 4.69) is 14.9 Å². The molecule has 0 saturated carbocycles. The van der Waals surface area contributed by atoms with Gasteiger partial charge >= 0.3 is 18.3 Å². The molecule has 1 N–H and O–H groups in total. The predicted octanol–water partition coefficient (Wildman–Crippen LogP) is 4.78. The summed E-state index contributed by atoms with van der Waals surface area (Å²) in [5.74, 6) is -0.668. The highest BCUT2D eigenvalue weighted by Crippen LogP contribution is 2.32. The molecule has 2 aromatic heterocycles. The largest absolute Gasteiger partial charge is 0.462 e. The smallest absolute Gasteiger partial charge is 0.436 e. The molecule has 7 nitrogen and oxygen atoms in total. The number of aliphatic hydroxyl groups excluding tert-OH is 1. The summed E-state index contributed by atoms with van der Waals surface area (Å²) in [5, 5.41) is 15.6. The minimum atomic E-state index is -4.66. The van der Waals surface area contributed by atoms with Gasteiger partial charge in [-0.1, -0.05) is 27.7 Å². The molecular formula is C20H28F6N4O3. The predicted molar refractivity (Wildman–Crippen MR) is 106 cm³/mol. The van der Waals surface area contributed by atoms with Crippen LogP contribution in [0.2, 0.25) is 0 Å². The van der Waals surface area contributed by atoms with Crippen molar-refractivity contribution in [3.05, 3.63) is 34.9 Å². The van der Waals surface area contributed by atoms with Crippen molar-refractivity contribution in [3.63, 3.8) is 0 Å². The second-order valence-electron chi connectivity index (χ2n) is 8.00. The average molecular weight is 486 g/mol. The van der Waals surface area contributed by atoms with Crippen LogP contribution >= 0.6 is 0 Å². The third-order valence-electron chi connectivity index (χ3n) is 3.91. The molecule has 0 fully saturated rings. The molecule has 0 spiro atoms. The number of alkyl halides is 6. The minimum absolute atomic E-state index is 0.0193. The molecule has 13 heteroatoms. The zero-order valence-corrected chi connectivity index (χ0v) is 19.0. The van der Waals surface area contributed by atoms with Crippen molar-refractivity contribution in [2.75, 3.05) is 6.61 Å². The Balaban J connectivity index is 0.000000335. The van der Waals surface area contributed by atoms with E-state index in [1.54, 1.807) is 0 Å². The van der Waals surface area contributed by atoms with E-state index in [9.17, 15) is 31.1 Å². The van der Waals surface area contributed by atoms with Crippen LogP contribution in [0.5, 0.6) is 0 Å². The van der Waals surface area contributed by atoms with Crippen LogP contribution in [0.1, 0.15) is 61.9 Å². The van der Waals surface area contributed by atoms with Gasteiger partial charge in [-0.3, -0.25) is 9.36 Å². The molecular weight excluding hydrogens is 458 g/mol. The van der Waals surface area contributed by atoms with Crippen LogP contribution in [0.25, 0.3) is 0 Å². The lowest BCUT2D eigenvalue weighted by Crippen LogP contribution is -2.14. The number of halogens is 6. The second kappa shape index (κ2) is 11.5. The van der Waals surface area contributed by atoms with E-state index in [4.69, 9.17) is 5.11 Å². The van der Waals surface area contributed by atoms with Gasteiger partial charge in [0, 0.05) is 31.0 Å². The van der Waals surface area contributed by atoms with E-state index in [-0.39, 0.29) is 24.0 Å². The Morgan fingerprint density at radius 2 is 1.39 bits per heavy atom. The monoisotopic (exact) mass is 486 g/mol. The average Bonchev–Trinajstić information content (AvgIpc) is 3.25. The number of carbonyl (C=O) groups is 1. The zero-order valence-electron chi connectivity index (χ0n) is 19.0. The van der Waals surface area contributed by atoms with Crippen LogP contribution in [0.3, 0.4) is 0 Å². The van der Waals surface area contributed by atoms with E-state index in [1.165, 1.54) is 17.8 Å². The molecule has 2 aromatic rings. The van der Waals surface area contributed by atoms with Crippen LogP contribution in [0.15, 0.2) is 12.4 Å². The summed E-state index contributed by atoms with van der Waals surface area (Å²) in [5.41, 5.74) is -2.90. The standard InChI is InChI=1S/C11H15F3N2O2.C9H13F3N2O/c1-4-18-10(17)8-6-16(5-7(2)3)15-9(8)11(12,13)14;1-6(2)3-14-4-7(5-15)8(13-14)9(10,11)12/h6-7H,4-5H2,1-3H3;4,6,15H,3,5H2,1-2H3. The Kier molecular flexibility index (Phi) is 9.94. The third-order valence-corrected chi connectivity index (χ3v) is 3.91. The number of rotatable bonds is 7. The van der Waals surface area contributed by atoms with Crippen molar-refractivity contribution in [3.8, 4) is 0 Å². The highest BCUT2D eigenvalue weighted by molar-refractivity contribution is 5.90. The summed E-state index contributed by atoms with van der Waals surface area (Å²) in [6, 6.07) is 0. The van der Waals surface area contributed by atoms with Crippen molar-refractivity contribution < 1.29 is 41.0 Å². The third kappa shape index (κ3) is 8.71. The van der Waals surface area contributed by atoms with Gasteiger partial charge in [0.15, 0.2) is 11.4 Å².